The summed E-state index contributed by atoms with van der Waals surface area (Å²) in [4.78, 5) is 10.3. The zero-order valence-electron chi connectivity index (χ0n) is 7.62. The van der Waals surface area contributed by atoms with Crippen molar-refractivity contribution in [1.82, 2.24) is 0 Å². The Morgan fingerprint density at radius 2 is 2.38 bits per heavy atom. The highest BCUT2D eigenvalue weighted by molar-refractivity contribution is 5.90. The van der Waals surface area contributed by atoms with Crippen LogP contribution in [0.15, 0.2) is 11.6 Å². The number of nitrogens with zero attached hydrogens (tertiary/aromatic N) is 1. The standard InChI is InChI=1S/C9H13NO3/c1-2-13-6-4-3-5-8(7-10)9(11)12/h5H,2-4,6H2,1H3,(H,11,12). The van der Waals surface area contributed by atoms with Crippen LogP contribution in [0.25, 0.3) is 0 Å². The second-order valence-electron chi connectivity index (χ2n) is 2.37. The number of unbranched alkanes of at least 4 members (excludes halogenated alkanes) is 1. The van der Waals surface area contributed by atoms with Gasteiger partial charge in [-0.25, -0.2) is 4.79 Å². The molecule has 0 atom stereocenters. The highest BCUT2D eigenvalue weighted by Crippen LogP contribution is 1.98. The first-order chi connectivity index (χ1) is 6.22. The van der Waals surface area contributed by atoms with Crippen LogP contribution in [0.3, 0.4) is 0 Å². The van der Waals surface area contributed by atoms with Crippen LogP contribution in [-0.4, -0.2) is 24.3 Å². The molecule has 0 amide bonds. The van der Waals surface area contributed by atoms with E-state index < -0.39 is 5.97 Å². The molecule has 1 N–H and O–H groups in total. The molecule has 13 heavy (non-hydrogen) atoms. The maximum Gasteiger partial charge on any atom is 0.346 e. The minimum absolute atomic E-state index is 0.198. The molecule has 0 aromatic rings. The molecule has 4 nitrogen and oxygen atoms in total. The molecule has 0 saturated carbocycles. The smallest absolute Gasteiger partial charge is 0.346 e. The van der Waals surface area contributed by atoms with E-state index in [2.05, 4.69) is 0 Å². The minimum Gasteiger partial charge on any atom is -0.477 e. The maximum absolute atomic E-state index is 10.3. The van der Waals surface area contributed by atoms with E-state index in [1.54, 1.807) is 6.07 Å². The van der Waals surface area contributed by atoms with Gasteiger partial charge in [-0.2, -0.15) is 5.26 Å². The van der Waals surface area contributed by atoms with Crippen molar-refractivity contribution in [2.24, 2.45) is 0 Å². The molecule has 0 aliphatic rings. The number of nitriles is 1. The summed E-state index contributed by atoms with van der Waals surface area (Å²) >= 11 is 0. The van der Waals surface area contributed by atoms with Gasteiger partial charge in [0.05, 0.1) is 0 Å². The molecule has 4 heteroatoms. The fraction of sp³-hybridized carbons (Fsp3) is 0.556. The molecule has 0 aliphatic heterocycles. The van der Waals surface area contributed by atoms with Gasteiger partial charge in [-0.05, 0) is 19.8 Å². The molecule has 0 aromatic heterocycles. The summed E-state index contributed by atoms with van der Waals surface area (Å²) in [5, 5.41) is 16.8. The Labute approximate surface area is 77.4 Å². The largest absolute Gasteiger partial charge is 0.477 e. The number of hydrogen-bond donors (Lipinski definition) is 1. The fourth-order valence-corrected chi connectivity index (χ4v) is 0.757. The van der Waals surface area contributed by atoms with Crippen LogP contribution in [0, 0.1) is 11.3 Å². The molecule has 0 aliphatic carbocycles. The third kappa shape index (κ3) is 5.88. The first-order valence-corrected chi connectivity index (χ1v) is 4.13. The molecule has 0 bridgehead atoms. The molecule has 0 fully saturated rings. The number of rotatable bonds is 6. The van der Waals surface area contributed by atoms with Crippen LogP contribution in [0.4, 0.5) is 0 Å². The number of carbonyl (C=O) groups is 1. The van der Waals surface area contributed by atoms with E-state index in [9.17, 15) is 4.79 Å². The van der Waals surface area contributed by atoms with Crippen LogP contribution >= 0.6 is 0 Å². The third-order valence-corrected chi connectivity index (χ3v) is 1.40. The summed E-state index contributed by atoms with van der Waals surface area (Å²) in [6, 6.07) is 1.61. The molecule has 0 radical (unpaired) electrons. The highest BCUT2D eigenvalue weighted by atomic mass is 16.5. The van der Waals surface area contributed by atoms with Crippen LogP contribution in [0.2, 0.25) is 0 Å². The van der Waals surface area contributed by atoms with Gasteiger partial charge in [-0.3, -0.25) is 0 Å². The van der Waals surface area contributed by atoms with Crippen molar-refractivity contribution in [1.29, 1.82) is 5.26 Å². The third-order valence-electron chi connectivity index (χ3n) is 1.40. The minimum atomic E-state index is -1.17. The number of carboxylic acids is 1. The van der Waals surface area contributed by atoms with E-state index in [0.29, 0.717) is 19.6 Å². The summed E-state index contributed by atoms with van der Waals surface area (Å²) in [6.07, 6.45) is 2.73. The zero-order valence-corrected chi connectivity index (χ0v) is 7.62. The SMILES string of the molecule is CCOCCCC=C(C#N)C(=O)O. The maximum atomic E-state index is 10.3. The average Bonchev–Trinajstić information content (AvgIpc) is 2.10. The van der Waals surface area contributed by atoms with E-state index in [1.165, 1.54) is 6.08 Å². The number of aliphatic carboxylic acids is 1. The second kappa shape index (κ2) is 7.32. The van der Waals surface area contributed by atoms with E-state index in [-0.39, 0.29) is 5.57 Å². The topological polar surface area (TPSA) is 70.3 Å². The summed E-state index contributed by atoms with van der Waals surface area (Å²) < 4.78 is 5.05. The van der Waals surface area contributed by atoms with Gasteiger partial charge in [-0.15, -0.1) is 0 Å². The lowest BCUT2D eigenvalue weighted by atomic mass is 10.2. The molecular weight excluding hydrogens is 170 g/mol. The van der Waals surface area contributed by atoms with Gasteiger partial charge in [0.15, 0.2) is 0 Å². The molecule has 0 heterocycles. The van der Waals surface area contributed by atoms with Gasteiger partial charge in [0.1, 0.15) is 11.6 Å². The van der Waals surface area contributed by atoms with Crippen molar-refractivity contribution in [2.75, 3.05) is 13.2 Å². The van der Waals surface area contributed by atoms with E-state index in [0.717, 1.165) is 6.42 Å². The molecule has 0 unspecified atom stereocenters. The lowest BCUT2D eigenvalue weighted by Gasteiger charge is -1.97. The van der Waals surface area contributed by atoms with Gasteiger partial charge in [0.2, 0.25) is 0 Å². The Hall–Kier alpha value is -1.34. The van der Waals surface area contributed by atoms with Crippen molar-refractivity contribution < 1.29 is 14.6 Å². The van der Waals surface area contributed by atoms with Gasteiger partial charge in [-0.1, -0.05) is 6.08 Å². The van der Waals surface area contributed by atoms with Crippen LogP contribution in [0.1, 0.15) is 19.8 Å². The van der Waals surface area contributed by atoms with Crippen molar-refractivity contribution in [2.45, 2.75) is 19.8 Å². The van der Waals surface area contributed by atoms with Crippen LogP contribution in [0.5, 0.6) is 0 Å². The predicted octanol–water partition coefficient (Wildman–Crippen LogP) is 1.34. The van der Waals surface area contributed by atoms with Gasteiger partial charge in [0.25, 0.3) is 0 Å². The van der Waals surface area contributed by atoms with Crippen molar-refractivity contribution in [3.63, 3.8) is 0 Å². The van der Waals surface area contributed by atoms with Gasteiger partial charge < -0.3 is 9.84 Å². The summed E-state index contributed by atoms with van der Waals surface area (Å²) in [5.74, 6) is -1.17. The van der Waals surface area contributed by atoms with E-state index in [1.807, 2.05) is 6.92 Å². The Morgan fingerprint density at radius 1 is 1.69 bits per heavy atom. The molecule has 0 rings (SSSR count). The lowest BCUT2D eigenvalue weighted by Crippen LogP contribution is -1.98. The van der Waals surface area contributed by atoms with Crippen LogP contribution < -0.4 is 0 Å². The summed E-state index contributed by atoms with van der Waals surface area (Å²) in [7, 11) is 0. The van der Waals surface area contributed by atoms with Gasteiger partial charge >= 0.3 is 5.97 Å². The Balaban J connectivity index is 3.70. The normalized spacial score (nSPS) is 10.9. The van der Waals surface area contributed by atoms with Crippen LogP contribution in [-0.2, 0) is 9.53 Å². The number of allylic oxidation sites excluding steroid dienone is 1. The summed E-state index contributed by atoms with van der Waals surface area (Å²) in [6.45, 7) is 3.16. The quantitative estimate of drug-likeness (QED) is 0.383. The molecular formula is C9H13NO3. The second-order valence-corrected chi connectivity index (χ2v) is 2.37. The number of hydrogen-bond acceptors (Lipinski definition) is 3. The van der Waals surface area contributed by atoms with E-state index >= 15 is 0 Å². The first kappa shape index (κ1) is 11.7. The average molecular weight is 183 g/mol. The monoisotopic (exact) mass is 183 g/mol. The Kier molecular flexibility index (Phi) is 6.56. The molecule has 0 spiro atoms. The first-order valence-electron chi connectivity index (χ1n) is 4.13. The van der Waals surface area contributed by atoms with Crippen molar-refractivity contribution in [3.8, 4) is 6.07 Å². The van der Waals surface area contributed by atoms with Crippen molar-refractivity contribution >= 4 is 5.97 Å². The number of ether oxygens (including phenoxy) is 1. The number of carboxylic acid groups (broad SMARTS) is 1. The fourth-order valence-electron chi connectivity index (χ4n) is 0.757. The molecule has 0 saturated heterocycles. The van der Waals surface area contributed by atoms with Crippen molar-refractivity contribution in [3.05, 3.63) is 11.6 Å². The highest BCUT2D eigenvalue weighted by Gasteiger charge is 2.03. The van der Waals surface area contributed by atoms with E-state index in [4.69, 9.17) is 15.1 Å². The molecule has 0 aromatic carbocycles. The zero-order chi connectivity index (χ0) is 10.1. The predicted molar refractivity (Wildman–Crippen MR) is 47.1 cm³/mol. The van der Waals surface area contributed by atoms with Gasteiger partial charge in [0, 0.05) is 13.2 Å². The Bertz CT molecular complexity index is 228. The Morgan fingerprint density at radius 3 is 2.85 bits per heavy atom. The lowest BCUT2D eigenvalue weighted by molar-refractivity contribution is -0.132. The molecule has 72 valence electrons. The summed E-state index contributed by atoms with van der Waals surface area (Å²) in [5.41, 5.74) is -0.198.